The molecule has 0 atom stereocenters. The summed E-state index contributed by atoms with van der Waals surface area (Å²) in [6.45, 7) is 2.69. The molecule has 0 aliphatic carbocycles. The third-order valence-corrected chi connectivity index (χ3v) is 5.33. The van der Waals surface area contributed by atoms with E-state index in [1.54, 1.807) is 28.8 Å². The van der Waals surface area contributed by atoms with Gasteiger partial charge < -0.3 is 14.8 Å². The Morgan fingerprint density at radius 1 is 1.03 bits per heavy atom. The Bertz CT molecular complexity index is 1480. The van der Waals surface area contributed by atoms with Crippen LogP contribution in [0.25, 0.3) is 33.9 Å². The molecule has 0 aliphatic heterocycles. The number of benzene rings is 3. The lowest BCUT2D eigenvalue weighted by Gasteiger charge is -2.05. The number of fused-ring (bicyclic) bond motifs is 1. The molecule has 0 bridgehead atoms. The number of carbonyl (C=O) groups excluding carboxylic acids is 1. The highest BCUT2D eigenvalue weighted by Crippen LogP contribution is 2.25. The zero-order valence-electron chi connectivity index (χ0n) is 17.9. The molecule has 0 saturated carbocycles. The quantitative estimate of drug-likeness (QED) is 0.399. The fraction of sp³-hybridized carbons (Fsp3) is 0.120. The summed E-state index contributed by atoms with van der Waals surface area (Å²) < 4.78 is 7.17. The van der Waals surface area contributed by atoms with E-state index in [1.807, 2.05) is 55.5 Å². The first-order valence-corrected chi connectivity index (χ1v) is 10.7. The van der Waals surface area contributed by atoms with Crippen molar-refractivity contribution in [3.63, 3.8) is 0 Å². The first-order valence-electron chi connectivity index (χ1n) is 10.7. The Hall–Kier alpha value is -4.46. The molecule has 8 nitrogen and oxygen atoms in total. The summed E-state index contributed by atoms with van der Waals surface area (Å²) in [5.74, 6) is 0.616. The highest BCUT2D eigenvalue weighted by molar-refractivity contribution is 6.04. The molecule has 0 radical (unpaired) electrons. The number of carbonyl (C=O) groups is 1. The molecule has 8 heteroatoms. The van der Waals surface area contributed by atoms with Gasteiger partial charge in [0.2, 0.25) is 5.82 Å². The first-order chi connectivity index (χ1) is 16.1. The second-order valence-electron chi connectivity index (χ2n) is 7.63. The largest absolute Gasteiger partial charge is 0.334 e. The number of hydrogen-bond donors (Lipinski definition) is 2. The Morgan fingerprint density at radius 2 is 1.79 bits per heavy atom. The van der Waals surface area contributed by atoms with Crippen molar-refractivity contribution < 1.29 is 9.32 Å². The second-order valence-corrected chi connectivity index (χ2v) is 7.63. The van der Waals surface area contributed by atoms with Crippen LogP contribution in [0.3, 0.4) is 0 Å². The minimum Gasteiger partial charge on any atom is -0.334 e. The maximum Gasteiger partial charge on any atom is 0.326 e. The van der Waals surface area contributed by atoms with Crippen LogP contribution in [0.15, 0.2) is 82.1 Å². The molecule has 33 heavy (non-hydrogen) atoms. The van der Waals surface area contributed by atoms with Crippen molar-refractivity contribution >= 4 is 22.6 Å². The van der Waals surface area contributed by atoms with Crippen LogP contribution in [0.5, 0.6) is 0 Å². The minimum absolute atomic E-state index is 0.128. The highest BCUT2D eigenvalue weighted by Gasteiger charge is 2.14. The van der Waals surface area contributed by atoms with Crippen LogP contribution in [0.4, 0.5) is 5.69 Å². The molecule has 1 amide bonds. The van der Waals surface area contributed by atoms with E-state index in [0.29, 0.717) is 29.5 Å². The van der Waals surface area contributed by atoms with E-state index >= 15 is 0 Å². The SMILES string of the molecule is CCCn1c(=O)[nH]c2cc(-c3noc(-c4ccc(NC(=O)c5ccccc5)cc4)n3)ccc21. The van der Waals surface area contributed by atoms with E-state index in [9.17, 15) is 9.59 Å². The third kappa shape index (κ3) is 4.06. The van der Waals surface area contributed by atoms with Crippen LogP contribution in [-0.2, 0) is 6.54 Å². The molecule has 5 rings (SSSR count). The van der Waals surface area contributed by atoms with Gasteiger partial charge in [-0.15, -0.1) is 0 Å². The number of aryl methyl sites for hydroxylation is 1. The average Bonchev–Trinajstić information content (AvgIpc) is 3.45. The van der Waals surface area contributed by atoms with Gasteiger partial charge in [-0.2, -0.15) is 4.98 Å². The highest BCUT2D eigenvalue weighted by atomic mass is 16.5. The summed E-state index contributed by atoms with van der Waals surface area (Å²) in [5, 5.41) is 6.95. The minimum atomic E-state index is -0.176. The molecule has 0 spiro atoms. The molecule has 164 valence electrons. The smallest absolute Gasteiger partial charge is 0.326 e. The molecular weight excluding hydrogens is 418 g/mol. The molecule has 3 aromatic carbocycles. The molecule has 0 saturated heterocycles. The number of aromatic nitrogens is 4. The summed E-state index contributed by atoms with van der Waals surface area (Å²) in [4.78, 5) is 31.9. The standard InChI is InChI=1S/C25H21N5O3/c1-2-14-30-21-13-10-18(15-20(21)27-25(30)32)22-28-24(33-29-22)17-8-11-19(12-9-17)26-23(31)16-6-4-3-5-7-16/h3-13,15H,2,14H2,1H3,(H,26,31)(H,27,32). The number of H-pyrrole nitrogens is 1. The van der Waals surface area contributed by atoms with Gasteiger partial charge in [-0.1, -0.05) is 30.3 Å². The monoisotopic (exact) mass is 439 g/mol. The predicted octanol–water partition coefficient (Wildman–Crippen LogP) is 4.71. The third-order valence-electron chi connectivity index (χ3n) is 5.33. The van der Waals surface area contributed by atoms with Gasteiger partial charge in [0.25, 0.3) is 11.8 Å². The number of anilines is 1. The van der Waals surface area contributed by atoms with Gasteiger partial charge in [-0.25, -0.2) is 4.79 Å². The van der Waals surface area contributed by atoms with Gasteiger partial charge in [0.15, 0.2) is 0 Å². The summed E-state index contributed by atoms with van der Waals surface area (Å²) in [6, 6.07) is 21.8. The fourth-order valence-electron chi connectivity index (χ4n) is 3.70. The van der Waals surface area contributed by atoms with Gasteiger partial charge in [0.1, 0.15) is 0 Å². The molecule has 2 heterocycles. The maximum absolute atomic E-state index is 12.3. The van der Waals surface area contributed by atoms with Gasteiger partial charge in [-0.05, 0) is 61.0 Å². The van der Waals surface area contributed by atoms with Gasteiger partial charge in [0.05, 0.1) is 11.0 Å². The van der Waals surface area contributed by atoms with Crippen molar-refractivity contribution in [2.75, 3.05) is 5.32 Å². The van der Waals surface area contributed by atoms with Crippen molar-refractivity contribution in [1.29, 1.82) is 0 Å². The van der Waals surface area contributed by atoms with Crippen molar-refractivity contribution in [2.45, 2.75) is 19.9 Å². The summed E-state index contributed by atoms with van der Waals surface area (Å²) in [5.41, 5.74) is 4.18. The molecule has 0 fully saturated rings. The molecule has 0 unspecified atom stereocenters. The van der Waals surface area contributed by atoms with Crippen LogP contribution >= 0.6 is 0 Å². The molecular formula is C25H21N5O3. The maximum atomic E-state index is 12.3. The van der Waals surface area contributed by atoms with E-state index in [4.69, 9.17) is 4.52 Å². The van der Waals surface area contributed by atoms with Crippen LogP contribution in [0, 0.1) is 0 Å². The lowest BCUT2D eigenvalue weighted by atomic mass is 10.1. The first kappa shape index (κ1) is 20.4. The van der Waals surface area contributed by atoms with Gasteiger partial charge >= 0.3 is 5.69 Å². The van der Waals surface area contributed by atoms with Gasteiger partial charge in [0, 0.05) is 28.9 Å². The normalized spacial score (nSPS) is 11.1. The topological polar surface area (TPSA) is 106 Å². The molecule has 5 aromatic rings. The summed E-state index contributed by atoms with van der Waals surface area (Å²) in [6.07, 6.45) is 0.873. The van der Waals surface area contributed by atoms with Crippen LogP contribution < -0.4 is 11.0 Å². The second kappa shape index (κ2) is 8.58. The Morgan fingerprint density at radius 3 is 2.55 bits per heavy atom. The Kier molecular flexibility index (Phi) is 5.32. The number of amides is 1. The summed E-state index contributed by atoms with van der Waals surface area (Å²) in [7, 11) is 0. The number of nitrogens with zero attached hydrogens (tertiary/aromatic N) is 3. The number of rotatable bonds is 6. The van der Waals surface area contributed by atoms with E-state index in [1.165, 1.54) is 0 Å². The van der Waals surface area contributed by atoms with E-state index in [-0.39, 0.29) is 11.6 Å². The van der Waals surface area contributed by atoms with Crippen LogP contribution in [-0.4, -0.2) is 25.6 Å². The fourth-order valence-corrected chi connectivity index (χ4v) is 3.70. The Labute approximate surface area is 188 Å². The van der Waals surface area contributed by atoms with Crippen molar-refractivity contribution in [3.05, 3.63) is 88.8 Å². The summed E-state index contributed by atoms with van der Waals surface area (Å²) >= 11 is 0. The lowest BCUT2D eigenvalue weighted by Crippen LogP contribution is -2.16. The number of aromatic amines is 1. The van der Waals surface area contributed by atoms with E-state index in [2.05, 4.69) is 20.4 Å². The van der Waals surface area contributed by atoms with Gasteiger partial charge in [-0.3, -0.25) is 9.36 Å². The van der Waals surface area contributed by atoms with E-state index < -0.39 is 0 Å². The average molecular weight is 439 g/mol. The Balaban J connectivity index is 1.35. The number of nitrogens with one attached hydrogen (secondary N) is 2. The lowest BCUT2D eigenvalue weighted by molar-refractivity contribution is 0.102. The molecule has 2 aromatic heterocycles. The van der Waals surface area contributed by atoms with Crippen molar-refractivity contribution in [3.8, 4) is 22.8 Å². The number of hydrogen-bond acceptors (Lipinski definition) is 5. The van der Waals surface area contributed by atoms with Crippen molar-refractivity contribution in [1.82, 2.24) is 19.7 Å². The number of imidazole rings is 1. The van der Waals surface area contributed by atoms with Crippen LogP contribution in [0.1, 0.15) is 23.7 Å². The van der Waals surface area contributed by atoms with Crippen LogP contribution in [0.2, 0.25) is 0 Å². The van der Waals surface area contributed by atoms with Crippen molar-refractivity contribution in [2.24, 2.45) is 0 Å². The molecule has 0 aliphatic rings. The zero-order valence-corrected chi connectivity index (χ0v) is 17.9. The molecule has 2 N–H and O–H groups in total. The van der Waals surface area contributed by atoms with E-state index in [0.717, 1.165) is 28.6 Å². The zero-order chi connectivity index (χ0) is 22.8. The predicted molar refractivity (Wildman–Crippen MR) is 126 cm³/mol.